The van der Waals surface area contributed by atoms with Gasteiger partial charge in [-0.25, -0.2) is 0 Å². The van der Waals surface area contributed by atoms with E-state index in [1.807, 2.05) is 13.8 Å². The Morgan fingerprint density at radius 2 is 1.86 bits per heavy atom. The molecule has 0 nitrogen and oxygen atoms in total. The number of halogens is 3. The first kappa shape index (κ1) is 13.0. The summed E-state index contributed by atoms with van der Waals surface area (Å²) in [6.07, 6.45) is 0.844. The number of rotatable bonds is 4. The molecule has 0 saturated carbocycles. The number of hydrogen-bond donors (Lipinski definition) is 0. The van der Waals surface area contributed by atoms with Crippen LogP contribution in [0, 0.1) is 0 Å². The molecule has 0 saturated heterocycles. The zero-order valence-corrected chi connectivity index (χ0v) is 8.49. The highest BCUT2D eigenvalue weighted by atomic mass is 19.4. The van der Waals surface area contributed by atoms with E-state index in [0.717, 1.165) is 30.6 Å². The van der Waals surface area contributed by atoms with E-state index in [1.54, 1.807) is 0 Å². The number of allylic oxidation sites excluding steroid dienone is 5. The van der Waals surface area contributed by atoms with Crippen LogP contribution in [0.3, 0.4) is 0 Å². The Kier molecular flexibility index (Phi) is 5.28. The van der Waals surface area contributed by atoms with E-state index in [1.165, 1.54) is 6.08 Å². The third kappa shape index (κ3) is 4.90. The Morgan fingerprint density at radius 1 is 1.29 bits per heavy atom. The van der Waals surface area contributed by atoms with Crippen molar-refractivity contribution in [2.24, 2.45) is 0 Å². The second-order valence-corrected chi connectivity index (χ2v) is 3.09. The van der Waals surface area contributed by atoms with Crippen molar-refractivity contribution in [3.05, 3.63) is 36.0 Å². The van der Waals surface area contributed by atoms with Gasteiger partial charge in [-0.2, -0.15) is 13.2 Å². The maximum atomic E-state index is 12.2. The maximum Gasteiger partial charge on any atom is 0.416 e. The fraction of sp³-hybridized carbons (Fsp3) is 0.455. The van der Waals surface area contributed by atoms with Gasteiger partial charge < -0.3 is 0 Å². The molecule has 0 atom stereocenters. The highest BCUT2D eigenvalue weighted by molar-refractivity contribution is 5.27. The molecule has 0 heterocycles. The molecule has 0 amide bonds. The molecule has 0 aliphatic rings. The van der Waals surface area contributed by atoms with Crippen molar-refractivity contribution in [3.8, 4) is 0 Å². The molecule has 0 rings (SSSR count). The van der Waals surface area contributed by atoms with Crippen LogP contribution in [-0.4, -0.2) is 6.18 Å². The van der Waals surface area contributed by atoms with Gasteiger partial charge in [-0.15, -0.1) is 0 Å². The predicted molar refractivity (Wildman–Crippen MR) is 53.0 cm³/mol. The summed E-state index contributed by atoms with van der Waals surface area (Å²) in [7, 11) is 0. The molecule has 0 aliphatic carbocycles. The minimum Gasteiger partial charge on any atom is -0.166 e. The van der Waals surface area contributed by atoms with Crippen molar-refractivity contribution in [2.75, 3.05) is 0 Å². The van der Waals surface area contributed by atoms with Gasteiger partial charge in [0.15, 0.2) is 0 Å². The van der Waals surface area contributed by atoms with Gasteiger partial charge >= 0.3 is 6.18 Å². The second kappa shape index (κ2) is 5.68. The van der Waals surface area contributed by atoms with Crippen LogP contribution in [0.15, 0.2) is 36.0 Å². The predicted octanol–water partition coefficient (Wildman–Crippen LogP) is 4.41. The van der Waals surface area contributed by atoms with Gasteiger partial charge in [-0.1, -0.05) is 43.7 Å². The van der Waals surface area contributed by atoms with Crippen molar-refractivity contribution in [1.29, 1.82) is 0 Å². The van der Waals surface area contributed by atoms with Crippen molar-refractivity contribution in [1.82, 2.24) is 0 Å². The summed E-state index contributed by atoms with van der Waals surface area (Å²) < 4.78 is 36.6. The summed E-state index contributed by atoms with van der Waals surface area (Å²) in [6, 6.07) is 0. The lowest BCUT2D eigenvalue weighted by Crippen LogP contribution is -2.09. The van der Waals surface area contributed by atoms with Crippen LogP contribution >= 0.6 is 0 Å². The van der Waals surface area contributed by atoms with Gasteiger partial charge in [0.25, 0.3) is 0 Å². The third-order valence-corrected chi connectivity index (χ3v) is 1.74. The SMILES string of the molecule is C=CC(=CC=C(C)CCC)C(F)(F)F. The zero-order chi connectivity index (χ0) is 11.2. The molecule has 0 unspecified atom stereocenters. The minimum atomic E-state index is -4.30. The van der Waals surface area contributed by atoms with E-state index in [0.29, 0.717) is 0 Å². The maximum absolute atomic E-state index is 12.2. The molecule has 0 aromatic rings. The molecule has 0 N–H and O–H groups in total. The monoisotopic (exact) mass is 204 g/mol. The average molecular weight is 204 g/mol. The van der Waals surface area contributed by atoms with Gasteiger partial charge in [-0.3, -0.25) is 0 Å². The largest absolute Gasteiger partial charge is 0.416 e. The molecule has 0 aliphatic heterocycles. The van der Waals surface area contributed by atoms with E-state index in [2.05, 4.69) is 6.58 Å². The van der Waals surface area contributed by atoms with Gasteiger partial charge in [0.1, 0.15) is 0 Å². The van der Waals surface area contributed by atoms with Crippen LogP contribution in [0.5, 0.6) is 0 Å². The summed E-state index contributed by atoms with van der Waals surface area (Å²) in [4.78, 5) is 0. The fourth-order valence-corrected chi connectivity index (χ4v) is 0.988. The molecule has 0 spiro atoms. The second-order valence-electron chi connectivity index (χ2n) is 3.09. The molecule has 0 aromatic heterocycles. The first-order valence-electron chi connectivity index (χ1n) is 4.49. The third-order valence-electron chi connectivity index (χ3n) is 1.74. The lowest BCUT2D eigenvalue weighted by atomic mass is 10.1. The number of hydrogen-bond acceptors (Lipinski definition) is 0. The van der Waals surface area contributed by atoms with E-state index in [9.17, 15) is 13.2 Å². The Labute approximate surface area is 82.8 Å². The first-order valence-corrected chi connectivity index (χ1v) is 4.49. The van der Waals surface area contributed by atoms with Crippen LogP contribution in [0.1, 0.15) is 26.7 Å². The first-order chi connectivity index (χ1) is 6.41. The molecule has 0 bridgehead atoms. The van der Waals surface area contributed by atoms with Gasteiger partial charge in [0.05, 0.1) is 5.57 Å². The Bertz CT molecular complexity index is 244. The van der Waals surface area contributed by atoms with Gasteiger partial charge in [0, 0.05) is 0 Å². The zero-order valence-electron chi connectivity index (χ0n) is 8.49. The molecule has 0 radical (unpaired) electrons. The lowest BCUT2D eigenvalue weighted by Gasteiger charge is -2.05. The van der Waals surface area contributed by atoms with E-state index in [-0.39, 0.29) is 0 Å². The van der Waals surface area contributed by atoms with E-state index < -0.39 is 11.7 Å². The van der Waals surface area contributed by atoms with Crippen molar-refractivity contribution in [3.63, 3.8) is 0 Å². The molecule has 0 aromatic carbocycles. The molecular weight excluding hydrogens is 189 g/mol. The smallest absolute Gasteiger partial charge is 0.166 e. The molecule has 0 fully saturated rings. The van der Waals surface area contributed by atoms with E-state index in [4.69, 9.17) is 0 Å². The minimum absolute atomic E-state index is 0.701. The van der Waals surface area contributed by atoms with Gasteiger partial charge in [0.2, 0.25) is 0 Å². The summed E-state index contributed by atoms with van der Waals surface area (Å²) in [5, 5.41) is 0. The summed E-state index contributed by atoms with van der Waals surface area (Å²) >= 11 is 0. The molecule has 80 valence electrons. The Balaban J connectivity index is 4.62. The summed E-state index contributed by atoms with van der Waals surface area (Å²) in [5.74, 6) is 0. The molecule has 14 heavy (non-hydrogen) atoms. The molecular formula is C11H15F3. The normalized spacial score (nSPS) is 14.4. The lowest BCUT2D eigenvalue weighted by molar-refractivity contribution is -0.0881. The average Bonchev–Trinajstić information content (AvgIpc) is 2.03. The standard InChI is InChI=1S/C11H15F3/c1-4-6-9(3)7-8-10(5-2)11(12,13)14/h5,7-8H,2,4,6H2,1,3H3. The van der Waals surface area contributed by atoms with Gasteiger partial charge in [-0.05, 0) is 13.3 Å². The highest BCUT2D eigenvalue weighted by Crippen LogP contribution is 2.26. The topological polar surface area (TPSA) is 0 Å². The van der Waals surface area contributed by atoms with Crippen LogP contribution in [-0.2, 0) is 0 Å². The van der Waals surface area contributed by atoms with Crippen LogP contribution in [0.25, 0.3) is 0 Å². The van der Waals surface area contributed by atoms with Crippen LogP contribution in [0.4, 0.5) is 13.2 Å². The van der Waals surface area contributed by atoms with Crippen molar-refractivity contribution < 1.29 is 13.2 Å². The van der Waals surface area contributed by atoms with Crippen molar-refractivity contribution in [2.45, 2.75) is 32.9 Å². The molecule has 3 heteroatoms. The van der Waals surface area contributed by atoms with Crippen LogP contribution in [0.2, 0.25) is 0 Å². The Morgan fingerprint density at radius 3 is 2.21 bits per heavy atom. The van der Waals surface area contributed by atoms with Crippen LogP contribution < -0.4 is 0 Å². The number of alkyl halides is 3. The van der Waals surface area contributed by atoms with Crippen molar-refractivity contribution >= 4 is 0 Å². The quantitative estimate of drug-likeness (QED) is 0.595. The fourth-order valence-electron chi connectivity index (χ4n) is 0.988. The Hall–Kier alpha value is -0.990. The summed E-state index contributed by atoms with van der Waals surface area (Å²) in [5.41, 5.74) is 0.240. The summed E-state index contributed by atoms with van der Waals surface area (Å²) in [6.45, 7) is 6.94. The van der Waals surface area contributed by atoms with E-state index >= 15 is 0 Å². The highest BCUT2D eigenvalue weighted by Gasteiger charge is 2.30.